The third-order valence-electron chi connectivity index (χ3n) is 7.84. The number of aryl methyl sites for hydroxylation is 1. The van der Waals surface area contributed by atoms with E-state index in [4.69, 9.17) is 4.52 Å². The number of rotatable bonds is 12. The summed E-state index contributed by atoms with van der Waals surface area (Å²) >= 11 is 0. The van der Waals surface area contributed by atoms with Gasteiger partial charge in [-0.05, 0) is 48.4 Å². The highest BCUT2D eigenvalue weighted by Crippen LogP contribution is 2.33. The summed E-state index contributed by atoms with van der Waals surface area (Å²) in [5.74, 6) is -1.31. The average molecular weight is 571 g/mol. The minimum absolute atomic E-state index is 0.0447. The van der Waals surface area contributed by atoms with E-state index in [0.717, 1.165) is 29.2 Å². The Labute approximate surface area is 243 Å². The third-order valence-corrected chi connectivity index (χ3v) is 7.84. The van der Waals surface area contributed by atoms with Crippen molar-refractivity contribution in [2.45, 2.75) is 63.6 Å². The van der Waals surface area contributed by atoms with E-state index in [9.17, 15) is 24.4 Å². The van der Waals surface area contributed by atoms with Crippen LogP contribution in [0.5, 0.6) is 0 Å². The molecule has 2 fully saturated rings. The molecule has 2 aromatic carbocycles. The van der Waals surface area contributed by atoms with Crippen LogP contribution in [0.3, 0.4) is 0 Å². The molecule has 2 heterocycles. The van der Waals surface area contributed by atoms with Crippen LogP contribution < -0.4 is 21.3 Å². The molecule has 1 aliphatic carbocycles. The predicted molar refractivity (Wildman–Crippen MR) is 153 cm³/mol. The number of hydrogen-bond donors (Lipinski definition) is 4. The lowest BCUT2D eigenvalue weighted by atomic mass is 9.97. The first-order chi connectivity index (χ1) is 20.3. The van der Waals surface area contributed by atoms with Crippen LogP contribution in [0.4, 0.5) is 0 Å². The monoisotopic (exact) mass is 570 g/mol. The molecule has 0 bridgehead atoms. The minimum Gasteiger partial charge on any atom is -0.361 e. The predicted octanol–water partition coefficient (Wildman–Crippen LogP) is 2.30. The Morgan fingerprint density at radius 1 is 1.02 bits per heavy atom. The minimum atomic E-state index is -1.02. The number of carbonyl (C=O) groups is 4. The fourth-order valence-electron chi connectivity index (χ4n) is 5.37. The smallest absolute Gasteiger partial charge is 0.274 e. The zero-order valence-corrected chi connectivity index (χ0v) is 23.4. The molecule has 4 amide bonds. The summed E-state index contributed by atoms with van der Waals surface area (Å²) in [5.41, 5.74) is 0.899. The first kappa shape index (κ1) is 28.8. The van der Waals surface area contributed by atoms with Crippen molar-refractivity contribution in [3.05, 3.63) is 65.5 Å². The SMILES string of the molecule is Cc1cc(C(=O)N[C@@H](Cc2cccc3ccccc23)C(=O)N[C@@H](CC2CC2)C(=O)N[C@H](C#N)C[C@@H]2CCNC2=O)no1. The first-order valence-electron chi connectivity index (χ1n) is 14.3. The molecule has 1 saturated carbocycles. The van der Waals surface area contributed by atoms with Gasteiger partial charge in [-0.2, -0.15) is 5.26 Å². The Balaban J connectivity index is 1.34. The highest BCUT2D eigenvalue weighted by Gasteiger charge is 2.35. The van der Waals surface area contributed by atoms with E-state index in [1.807, 2.05) is 42.5 Å². The van der Waals surface area contributed by atoms with Gasteiger partial charge in [-0.1, -0.05) is 60.5 Å². The molecule has 4 N–H and O–H groups in total. The van der Waals surface area contributed by atoms with Gasteiger partial charge >= 0.3 is 0 Å². The van der Waals surface area contributed by atoms with E-state index in [1.165, 1.54) is 6.07 Å². The third kappa shape index (κ3) is 7.13. The van der Waals surface area contributed by atoms with Crippen LogP contribution in [0.1, 0.15) is 53.9 Å². The summed E-state index contributed by atoms with van der Waals surface area (Å²) < 4.78 is 5.04. The maximum Gasteiger partial charge on any atom is 0.274 e. The Kier molecular flexibility index (Phi) is 8.81. The van der Waals surface area contributed by atoms with Crippen LogP contribution >= 0.6 is 0 Å². The van der Waals surface area contributed by atoms with E-state index in [-0.39, 0.29) is 36.3 Å². The lowest BCUT2D eigenvalue weighted by Gasteiger charge is -2.24. The van der Waals surface area contributed by atoms with E-state index in [2.05, 4.69) is 32.5 Å². The summed E-state index contributed by atoms with van der Waals surface area (Å²) in [6.45, 7) is 2.21. The number of nitrogens with zero attached hydrogens (tertiary/aromatic N) is 2. The molecule has 1 aliphatic heterocycles. The Morgan fingerprint density at radius 3 is 2.48 bits per heavy atom. The molecule has 218 valence electrons. The van der Waals surface area contributed by atoms with Crippen molar-refractivity contribution in [3.63, 3.8) is 0 Å². The summed E-state index contributed by atoms with van der Waals surface area (Å²) in [6.07, 6.45) is 3.30. The number of amides is 4. The van der Waals surface area contributed by atoms with Crippen molar-refractivity contribution in [2.24, 2.45) is 11.8 Å². The standard InChI is InChI=1S/C31H34N6O5/c1-18-13-27(37-42-18)31(41)36-26(16-21-7-4-6-20-5-2-3-8-24(20)21)30(40)35-25(14-19-9-10-19)29(39)34-23(17-32)15-22-11-12-33-28(22)38/h2-8,13,19,22-23,25-26H,9-12,14-16H2,1H3,(H,33,38)(H,34,39)(H,35,40)(H,36,41)/t22-,23-,25-,26-/m0/s1. The quantitative estimate of drug-likeness (QED) is 0.259. The molecule has 11 nitrogen and oxygen atoms in total. The van der Waals surface area contributed by atoms with Gasteiger partial charge in [-0.3, -0.25) is 19.2 Å². The Bertz CT molecular complexity index is 1520. The Morgan fingerprint density at radius 2 is 1.79 bits per heavy atom. The van der Waals surface area contributed by atoms with Crippen LogP contribution in [0.15, 0.2) is 53.1 Å². The van der Waals surface area contributed by atoms with Crippen LogP contribution in [-0.2, 0) is 20.8 Å². The number of aromatic nitrogens is 1. The fraction of sp³-hybridized carbons (Fsp3) is 0.419. The molecule has 11 heteroatoms. The van der Waals surface area contributed by atoms with Crippen molar-refractivity contribution in [2.75, 3.05) is 6.54 Å². The number of nitrogens with one attached hydrogen (secondary N) is 4. The molecular formula is C31H34N6O5. The van der Waals surface area contributed by atoms with Gasteiger partial charge in [0.15, 0.2) is 5.69 Å². The molecule has 42 heavy (non-hydrogen) atoms. The van der Waals surface area contributed by atoms with Gasteiger partial charge in [0.2, 0.25) is 17.7 Å². The molecule has 4 atom stereocenters. The largest absolute Gasteiger partial charge is 0.361 e. The summed E-state index contributed by atoms with van der Waals surface area (Å²) in [7, 11) is 0. The van der Waals surface area contributed by atoms with E-state index in [0.29, 0.717) is 25.1 Å². The lowest BCUT2D eigenvalue weighted by molar-refractivity contribution is -0.130. The maximum atomic E-state index is 13.8. The van der Waals surface area contributed by atoms with Crippen molar-refractivity contribution >= 4 is 34.4 Å². The van der Waals surface area contributed by atoms with Gasteiger partial charge < -0.3 is 25.8 Å². The van der Waals surface area contributed by atoms with E-state index < -0.39 is 35.8 Å². The topological polar surface area (TPSA) is 166 Å². The number of fused-ring (bicyclic) bond motifs is 1. The number of carbonyl (C=O) groups excluding carboxylic acids is 4. The number of hydrogen-bond acceptors (Lipinski definition) is 7. The normalized spacial score (nSPS) is 18.4. The Hall–Kier alpha value is -4.72. The second kappa shape index (κ2) is 12.9. The van der Waals surface area contributed by atoms with Gasteiger partial charge in [0.05, 0.1) is 6.07 Å². The van der Waals surface area contributed by atoms with Crippen LogP contribution in [0.2, 0.25) is 0 Å². The van der Waals surface area contributed by atoms with Gasteiger partial charge in [0.25, 0.3) is 5.91 Å². The first-order valence-corrected chi connectivity index (χ1v) is 14.3. The summed E-state index contributed by atoms with van der Waals surface area (Å²) in [4.78, 5) is 52.2. The van der Waals surface area contributed by atoms with Crippen LogP contribution in [0, 0.1) is 30.1 Å². The molecule has 2 aliphatic rings. The second-order valence-electron chi connectivity index (χ2n) is 11.1. The molecular weight excluding hydrogens is 536 g/mol. The highest BCUT2D eigenvalue weighted by molar-refractivity contribution is 5.98. The van der Waals surface area contributed by atoms with Gasteiger partial charge in [0.1, 0.15) is 23.9 Å². The summed E-state index contributed by atoms with van der Waals surface area (Å²) in [6, 6.07) is 14.3. The summed E-state index contributed by atoms with van der Waals surface area (Å²) in [5, 5.41) is 26.5. The lowest BCUT2D eigenvalue weighted by Crippen LogP contribution is -2.55. The van der Waals surface area contributed by atoms with E-state index >= 15 is 0 Å². The number of nitriles is 1. The van der Waals surface area contributed by atoms with E-state index in [1.54, 1.807) is 6.92 Å². The maximum absolute atomic E-state index is 13.8. The fourth-order valence-corrected chi connectivity index (χ4v) is 5.37. The molecule has 1 aromatic heterocycles. The zero-order valence-electron chi connectivity index (χ0n) is 23.4. The highest BCUT2D eigenvalue weighted by atomic mass is 16.5. The van der Waals surface area contributed by atoms with Crippen molar-refractivity contribution < 1.29 is 23.7 Å². The molecule has 0 unspecified atom stereocenters. The average Bonchev–Trinajstić information content (AvgIpc) is 3.55. The molecule has 0 spiro atoms. The van der Waals surface area contributed by atoms with Gasteiger partial charge in [-0.25, -0.2) is 0 Å². The van der Waals surface area contributed by atoms with Crippen LogP contribution in [-0.4, -0.2) is 53.5 Å². The molecule has 3 aromatic rings. The molecule has 5 rings (SSSR count). The second-order valence-corrected chi connectivity index (χ2v) is 11.1. The van der Waals surface area contributed by atoms with Gasteiger partial charge in [0, 0.05) is 24.9 Å². The van der Waals surface area contributed by atoms with Crippen molar-refractivity contribution in [1.29, 1.82) is 5.26 Å². The zero-order chi connectivity index (χ0) is 29.6. The van der Waals surface area contributed by atoms with Crippen LogP contribution in [0.25, 0.3) is 10.8 Å². The molecule has 1 saturated heterocycles. The van der Waals surface area contributed by atoms with Gasteiger partial charge in [-0.15, -0.1) is 0 Å². The van der Waals surface area contributed by atoms with Crippen molar-refractivity contribution in [3.8, 4) is 6.07 Å². The van der Waals surface area contributed by atoms with Crippen molar-refractivity contribution in [1.82, 2.24) is 26.4 Å². The molecule has 0 radical (unpaired) electrons. The number of benzene rings is 2.